The van der Waals surface area contributed by atoms with Gasteiger partial charge in [-0.3, -0.25) is 5.10 Å². The molecule has 0 amide bonds. The fourth-order valence-electron chi connectivity index (χ4n) is 1.88. The van der Waals surface area contributed by atoms with E-state index in [0.717, 1.165) is 22.5 Å². The van der Waals surface area contributed by atoms with E-state index in [1.165, 1.54) is 6.26 Å². The van der Waals surface area contributed by atoms with Crippen LogP contribution in [-0.4, -0.2) is 24.9 Å². The molecule has 0 saturated heterocycles. The van der Waals surface area contributed by atoms with E-state index in [9.17, 15) is 8.42 Å². The van der Waals surface area contributed by atoms with Crippen LogP contribution in [0.15, 0.2) is 29.2 Å². The summed E-state index contributed by atoms with van der Waals surface area (Å²) in [6, 6.07) is 6.73. The number of aromatic nitrogens is 2. The standard InChI is InChI=1S/C12H15N3O2S/c1-8-12(11(7-13)15-14-8)9-3-5-10(6-4-9)18(2,16)17/h3-6H,7,13H2,1-2H3,(H,14,15). The smallest absolute Gasteiger partial charge is 0.175 e. The van der Waals surface area contributed by atoms with Crippen LogP contribution in [0.1, 0.15) is 11.4 Å². The first-order valence-electron chi connectivity index (χ1n) is 5.48. The molecule has 0 atom stereocenters. The van der Waals surface area contributed by atoms with Gasteiger partial charge in [0, 0.05) is 24.1 Å². The molecule has 0 bridgehead atoms. The van der Waals surface area contributed by atoms with Crippen LogP contribution in [0.5, 0.6) is 0 Å². The maximum absolute atomic E-state index is 11.4. The van der Waals surface area contributed by atoms with E-state index in [1.807, 2.05) is 6.92 Å². The number of rotatable bonds is 3. The zero-order valence-electron chi connectivity index (χ0n) is 10.3. The van der Waals surface area contributed by atoms with Gasteiger partial charge in [0.25, 0.3) is 0 Å². The molecule has 3 N–H and O–H groups in total. The van der Waals surface area contributed by atoms with Gasteiger partial charge in [-0.2, -0.15) is 5.10 Å². The molecular weight excluding hydrogens is 250 g/mol. The van der Waals surface area contributed by atoms with Gasteiger partial charge in [0.15, 0.2) is 9.84 Å². The Morgan fingerprint density at radius 3 is 2.39 bits per heavy atom. The van der Waals surface area contributed by atoms with E-state index in [1.54, 1.807) is 24.3 Å². The Balaban J connectivity index is 2.50. The molecule has 0 saturated carbocycles. The molecular formula is C12H15N3O2S. The van der Waals surface area contributed by atoms with Crippen LogP contribution in [0.25, 0.3) is 11.1 Å². The highest BCUT2D eigenvalue weighted by Gasteiger charge is 2.12. The number of H-pyrrole nitrogens is 1. The van der Waals surface area contributed by atoms with Crippen LogP contribution in [0.3, 0.4) is 0 Å². The average molecular weight is 265 g/mol. The highest BCUT2D eigenvalue weighted by molar-refractivity contribution is 7.90. The van der Waals surface area contributed by atoms with E-state index < -0.39 is 9.84 Å². The number of aromatic amines is 1. The second-order valence-electron chi connectivity index (χ2n) is 4.17. The van der Waals surface area contributed by atoms with Gasteiger partial charge in [-0.1, -0.05) is 12.1 Å². The summed E-state index contributed by atoms with van der Waals surface area (Å²) in [5.74, 6) is 0. The van der Waals surface area contributed by atoms with Crippen LogP contribution >= 0.6 is 0 Å². The van der Waals surface area contributed by atoms with Crippen molar-refractivity contribution in [2.75, 3.05) is 6.26 Å². The van der Waals surface area contributed by atoms with Crippen molar-refractivity contribution in [3.8, 4) is 11.1 Å². The number of hydrogen-bond donors (Lipinski definition) is 2. The van der Waals surface area contributed by atoms with Gasteiger partial charge in [0.05, 0.1) is 10.6 Å². The molecule has 2 rings (SSSR count). The van der Waals surface area contributed by atoms with Crippen molar-refractivity contribution in [2.45, 2.75) is 18.4 Å². The third-order valence-electron chi connectivity index (χ3n) is 2.79. The normalized spacial score (nSPS) is 11.7. The Labute approximate surface area is 106 Å². The van der Waals surface area contributed by atoms with Gasteiger partial charge in [0.1, 0.15) is 0 Å². The summed E-state index contributed by atoms with van der Waals surface area (Å²) in [7, 11) is -3.16. The van der Waals surface area contributed by atoms with E-state index in [-0.39, 0.29) is 0 Å². The predicted octanol–water partition coefficient (Wildman–Crippen LogP) is 1.25. The van der Waals surface area contributed by atoms with Crippen LogP contribution in [-0.2, 0) is 16.4 Å². The summed E-state index contributed by atoms with van der Waals surface area (Å²) in [5.41, 5.74) is 9.17. The fraction of sp³-hybridized carbons (Fsp3) is 0.250. The lowest BCUT2D eigenvalue weighted by Crippen LogP contribution is -1.99. The summed E-state index contributed by atoms with van der Waals surface area (Å²) >= 11 is 0. The van der Waals surface area contributed by atoms with Crippen molar-refractivity contribution in [2.24, 2.45) is 5.73 Å². The molecule has 1 aromatic carbocycles. The summed E-state index contributed by atoms with van der Waals surface area (Å²) in [5, 5.41) is 7.00. The van der Waals surface area contributed by atoms with Crippen molar-refractivity contribution >= 4 is 9.84 Å². The number of aryl methyl sites for hydroxylation is 1. The van der Waals surface area contributed by atoms with E-state index in [0.29, 0.717) is 11.4 Å². The Kier molecular flexibility index (Phi) is 3.23. The van der Waals surface area contributed by atoms with Gasteiger partial charge in [-0.25, -0.2) is 8.42 Å². The third kappa shape index (κ3) is 2.30. The van der Waals surface area contributed by atoms with Crippen molar-refractivity contribution < 1.29 is 8.42 Å². The molecule has 0 spiro atoms. The number of benzene rings is 1. The van der Waals surface area contributed by atoms with Gasteiger partial charge < -0.3 is 5.73 Å². The van der Waals surface area contributed by atoms with Gasteiger partial charge in [-0.15, -0.1) is 0 Å². The summed E-state index contributed by atoms with van der Waals surface area (Å²) in [6.07, 6.45) is 1.19. The Morgan fingerprint density at radius 2 is 1.89 bits per heavy atom. The van der Waals surface area contributed by atoms with Crippen molar-refractivity contribution in [3.63, 3.8) is 0 Å². The minimum absolute atomic E-state index is 0.307. The zero-order valence-corrected chi connectivity index (χ0v) is 11.1. The molecule has 18 heavy (non-hydrogen) atoms. The SMILES string of the molecule is Cc1[nH]nc(CN)c1-c1ccc(S(C)(=O)=O)cc1. The molecule has 0 unspecified atom stereocenters. The fourth-order valence-corrected chi connectivity index (χ4v) is 2.51. The summed E-state index contributed by atoms with van der Waals surface area (Å²) < 4.78 is 22.8. The number of nitrogens with zero attached hydrogens (tertiary/aromatic N) is 1. The molecule has 96 valence electrons. The van der Waals surface area contributed by atoms with Crippen LogP contribution in [0.4, 0.5) is 0 Å². The second-order valence-corrected chi connectivity index (χ2v) is 6.19. The molecule has 1 aromatic heterocycles. The molecule has 0 aliphatic rings. The molecule has 5 nitrogen and oxygen atoms in total. The Morgan fingerprint density at radius 1 is 1.28 bits per heavy atom. The van der Waals surface area contributed by atoms with Gasteiger partial charge in [-0.05, 0) is 24.6 Å². The lowest BCUT2D eigenvalue weighted by molar-refractivity contribution is 0.602. The van der Waals surface area contributed by atoms with E-state index in [2.05, 4.69) is 10.2 Å². The predicted molar refractivity (Wildman–Crippen MR) is 69.8 cm³/mol. The van der Waals surface area contributed by atoms with Crippen LogP contribution in [0.2, 0.25) is 0 Å². The molecule has 0 aliphatic carbocycles. The van der Waals surface area contributed by atoms with Crippen molar-refractivity contribution in [1.29, 1.82) is 0 Å². The highest BCUT2D eigenvalue weighted by atomic mass is 32.2. The maximum atomic E-state index is 11.4. The van der Waals surface area contributed by atoms with E-state index >= 15 is 0 Å². The van der Waals surface area contributed by atoms with Crippen molar-refractivity contribution in [1.82, 2.24) is 10.2 Å². The minimum Gasteiger partial charge on any atom is -0.325 e. The molecule has 0 aliphatic heterocycles. The number of sulfone groups is 1. The van der Waals surface area contributed by atoms with Crippen LogP contribution in [0, 0.1) is 6.92 Å². The summed E-state index contributed by atoms with van der Waals surface area (Å²) in [4.78, 5) is 0.307. The van der Waals surface area contributed by atoms with Gasteiger partial charge >= 0.3 is 0 Å². The molecule has 1 heterocycles. The maximum Gasteiger partial charge on any atom is 0.175 e. The molecule has 0 radical (unpaired) electrons. The third-order valence-corrected chi connectivity index (χ3v) is 3.92. The number of nitrogens with one attached hydrogen (secondary N) is 1. The minimum atomic E-state index is -3.16. The lowest BCUT2D eigenvalue weighted by atomic mass is 10.0. The number of hydrogen-bond acceptors (Lipinski definition) is 4. The second kappa shape index (κ2) is 4.55. The topological polar surface area (TPSA) is 88.8 Å². The quantitative estimate of drug-likeness (QED) is 0.874. The van der Waals surface area contributed by atoms with Crippen molar-refractivity contribution in [3.05, 3.63) is 35.7 Å². The Hall–Kier alpha value is -1.66. The average Bonchev–Trinajstić information content (AvgIpc) is 2.69. The molecule has 2 aromatic rings. The highest BCUT2D eigenvalue weighted by Crippen LogP contribution is 2.26. The first kappa shape index (κ1) is 12.8. The van der Waals surface area contributed by atoms with E-state index in [4.69, 9.17) is 5.73 Å². The largest absolute Gasteiger partial charge is 0.325 e. The Bertz CT molecular complexity index is 657. The monoisotopic (exact) mass is 265 g/mol. The first-order valence-corrected chi connectivity index (χ1v) is 7.37. The summed E-state index contributed by atoms with van der Waals surface area (Å²) in [6.45, 7) is 2.25. The molecule has 0 fully saturated rings. The van der Waals surface area contributed by atoms with Gasteiger partial charge in [0.2, 0.25) is 0 Å². The lowest BCUT2D eigenvalue weighted by Gasteiger charge is -2.04. The van der Waals surface area contributed by atoms with Crippen LogP contribution < -0.4 is 5.73 Å². The first-order chi connectivity index (χ1) is 8.43. The zero-order chi connectivity index (χ0) is 13.3. The molecule has 6 heteroatoms. The number of nitrogens with two attached hydrogens (primary N) is 1.